The first-order valence-corrected chi connectivity index (χ1v) is 8.88. The van der Waals surface area contributed by atoms with Crippen molar-refractivity contribution in [1.82, 2.24) is 4.98 Å². The molecular weight excluding hydrogens is 354 g/mol. The lowest BCUT2D eigenvalue weighted by Crippen LogP contribution is -2.14. The van der Waals surface area contributed by atoms with Gasteiger partial charge in [-0.1, -0.05) is 29.8 Å². The standard InChI is InChI=1S/C22H23N3O3/c1-15-5-4-6-16(11-15)14-24-17-9-10-23-20(12-17)22(26)25-19-8-7-18(27-2)13-21(19)28-3/h4-13H,14H2,1-3H3,(H,23,24)(H,25,26). The highest BCUT2D eigenvalue weighted by Crippen LogP contribution is 2.29. The van der Waals surface area contributed by atoms with Crippen molar-refractivity contribution in [2.24, 2.45) is 0 Å². The van der Waals surface area contributed by atoms with E-state index in [9.17, 15) is 4.79 Å². The molecule has 2 N–H and O–H groups in total. The summed E-state index contributed by atoms with van der Waals surface area (Å²) in [6, 6.07) is 17.0. The highest BCUT2D eigenvalue weighted by Gasteiger charge is 2.12. The van der Waals surface area contributed by atoms with Crippen molar-refractivity contribution in [3.05, 3.63) is 77.6 Å². The minimum absolute atomic E-state index is 0.312. The molecule has 0 aliphatic carbocycles. The smallest absolute Gasteiger partial charge is 0.274 e. The van der Waals surface area contributed by atoms with Crippen LogP contribution in [0.3, 0.4) is 0 Å². The van der Waals surface area contributed by atoms with Crippen molar-refractivity contribution in [3.8, 4) is 11.5 Å². The number of nitrogens with one attached hydrogen (secondary N) is 2. The number of carbonyl (C=O) groups is 1. The number of aryl methyl sites for hydroxylation is 1. The zero-order chi connectivity index (χ0) is 19.9. The summed E-state index contributed by atoms with van der Waals surface area (Å²) in [5.74, 6) is 0.847. The molecule has 0 spiro atoms. The van der Waals surface area contributed by atoms with Crippen LogP contribution < -0.4 is 20.1 Å². The van der Waals surface area contributed by atoms with Gasteiger partial charge in [0.05, 0.1) is 19.9 Å². The van der Waals surface area contributed by atoms with Gasteiger partial charge in [-0.05, 0) is 36.8 Å². The largest absolute Gasteiger partial charge is 0.497 e. The molecule has 1 aromatic heterocycles. The Morgan fingerprint density at radius 2 is 1.89 bits per heavy atom. The lowest BCUT2D eigenvalue weighted by Gasteiger charge is -2.12. The summed E-state index contributed by atoms with van der Waals surface area (Å²) in [6.45, 7) is 2.73. The van der Waals surface area contributed by atoms with E-state index < -0.39 is 0 Å². The van der Waals surface area contributed by atoms with Gasteiger partial charge in [0.25, 0.3) is 5.91 Å². The number of nitrogens with zero attached hydrogens (tertiary/aromatic N) is 1. The van der Waals surface area contributed by atoms with E-state index in [0.717, 1.165) is 5.69 Å². The van der Waals surface area contributed by atoms with Crippen LogP contribution in [0.25, 0.3) is 0 Å². The monoisotopic (exact) mass is 377 g/mol. The number of rotatable bonds is 7. The molecule has 3 rings (SSSR count). The Hall–Kier alpha value is -3.54. The molecule has 3 aromatic rings. The molecule has 1 amide bonds. The fourth-order valence-electron chi connectivity index (χ4n) is 2.78. The third-order valence-corrected chi connectivity index (χ3v) is 4.23. The van der Waals surface area contributed by atoms with Gasteiger partial charge >= 0.3 is 0 Å². The number of methoxy groups -OCH3 is 2. The van der Waals surface area contributed by atoms with E-state index in [1.54, 1.807) is 44.7 Å². The summed E-state index contributed by atoms with van der Waals surface area (Å²) in [4.78, 5) is 16.8. The quantitative estimate of drug-likeness (QED) is 0.643. The average molecular weight is 377 g/mol. The van der Waals surface area contributed by atoms with Crippen LogP contribution in [0.2, 0.25) is 0 Å². The van der Waals surface area contributed by atoms with E-state index >= 15 is 0 Å². The number of amides is 1. The first kappa shape index (κ1) is 19.2. The molecule has 0 unspecified atom stereocenters. The maximum atomic E-state index is 12.6. The lowest BCUT2D eigenvalue weighted by molar-refractivity contribution is 0.102. The molecule has 0 bridgehead atoms. The Balaban J connectivity index is 1.70. The second-order valence-electron chi connectivity index (χ2n) is 6.29. The Bertz CT molecular complexity index is 973. The number of aromatic nitrogens is 1. The summed E-state index contributed by atoms with van der Waals surface area (Å²) in [6.07, 6.45) is 1.61. The molecule has 6 nitrogen and oxygen atoms in total. The molecule has 144 valence electrons. The Morgan fingerprint density at radius 1 is 1.04 bits per heavy atom. The molecule has 28 heavy (non-hydrogen) atoms. The van der Waals surface area contributed by atoms with Gasteiger partial charge in [0.1, 0.15) is 17.2 Å². The Kier molecular flexibility index (Phi) is 6.11. The van der Waals surface area contributed by atoms with Crippen LogP contribution in [-0.2, 0) is 6.54 Å². The Morgan fingerprint density at radius 3 is 2.64 bits per heavy atom. The number of pyridine rings is 1. The SMILES string of the molecule is COc1ccc(NC(=O)c2cc(NCc3cccc(C)c3)ccn2)c(OC)c1. The Labute approximate surface area is 164 Å². The van der Waals surface area contributed by atoms with E-state index in [2.05, 4.69) is 40.7 Å². The van der Waals surface area contributed by atoms with Crippen molar-refractivity contribution < 1.29 is 14.3 Å². The van der Waals surface area contributed by atoms with E-state index in [-0.39, 0.29) is 5.91 Å². The summed E-state index contributed by atoms with van der Waals surface area (Å²) < 4.78 is 10.5. The van der Waals surface area contributed by atoms with Crippen LogP contribution >= 0.6 is 0 Å². The van der Waals surface area contributed by atoms with Crippen LogP contribution in [0.1, 0.15) is 21.6 Å². The second kappa shape index (κ2) is 8.90. The predicted molar refractivity (Wildman–Crippen MR) is 110 cm³/mol. The molecule has 2 aromatic carbocycles. The first-order chi connectivity index (χ1) is 13.6. The van der Waals surface area contributed by atoms with Gasteiger partial charge in [-0.3, -0.25) is 9.78 Å². The minimum atomic E-state index is -0.317. The molecule has 0 saturated carbocycles. The summed E-state index contributed by atoms with van der Waals surface area (Å²) in [5, 5.41) is 6.15. The van der Waals surface area contributed by atoms with Gasteiger partial charge in [0, 0.05) is 24.5 Å². The number of ether oxygens (including phenoxy) is 2. The van der Waals surface area contributed by atoms with Gasteiger partial charge in [-0.25, -0.2) is 0 Å². The molecular formula is C22H23N3O3. The molecule has 1 heterocycles. The summed E-state index contributed by atoms with van der Waals surface area (Å²) >= 11 is 0. The fourth-order valence-corrected chi connectivity index (χ4v) is 2.78. The number of hydrogen-bond acceptors (Lipinski definition) is 5. The van der Waals surface area contributed by atoms with Gasteiger partial charge in [0.15, 0.2) is 0 Å². The second-order valence-corrected chi connectivity index (χ2v) is 6.29. The van der Waals surface area contributed by atoms with Crippen molar-refractivity contribution in [2.75, 3.05) is 24.9 Å². The van der Waals surface area contributed by atoms with Crippen molar-refractivity contribution in [3.63, 3.8) is 0 Å². The van der Waals surface area contributed by atoms with Crippen LogP contribution in [0.15, 0.2) is 60.8 Å². The molecule has 6 heteroatoms. The van der Waals surface area contributed by atoms with Crippen LogP contribution in [0, 0.1) is 6.92 Å². The van der Waals surface area contributed by atoms with E-state index in [1.165, 1.54) is 11.1 Å². The molecule has 0 fully saturated rings. The number of anilines is 2. The third kappa shape index (κ3) is 4.79. The molecule has 0 aliphatic heterocycles. The normalized spacial score (nSPS) is 10.2. The zero-order valence-corrected chi connectivity index (χ0v) is 16.2. The van der Waals surface area contributed by atoms with Crippen LogP contribution in [0.5, 0.6) is 11.5 Å². The van der Waals surface area contributed by atoms with Gasteiger partial charge in [-0.15, -0.1) is 0 Å². The fraction of sp³-hybridized carbons (Fsp3) is 0.182. The first-order valence-electron chi connectivity index (χ1n) is 8.88. The van der Waals surface area contributed by atoms with Crippen LogP contribution in [-0.4, -0.2) is 25.1 Å². The predicted octanol–water partition coefficient (Wildman–Crippen LogP) is 4.27. The highest BCUT2D eigenvalue weighted by molar-refractivity contribution is 6.04. The maximum Gasteiger partial charge on any atom is 0.274 e. The third-order valence-electron chi connectivity index (χ3n) is 4.23. The van der Waals surface area contributed by atoms with E-state index in [1.807, 2.05) is 12.1 Å². The number of benzene rings is 2. The maximum absolute atomic E-state index is 12.6. The summed E-state index contributed by atoms with van der Waals surface area (Å²) in [7, 11) is 3.12. The van der Waals surface area contributed by atoms with Crippen molar-refractivity contribution in [1.29, 1.82) is 0 Å². The van der Waals surface area contributed by atoms with Gasteiger partial charge in [0.2, 0.25) is 0 Å². The molecule has 0 aliphatic rings. The summed E-state index contributed by atoms with van der Waals surface area (Å²) in [5.41, 5.74) is 4.07. The molecule has 0 atom stereocenters. The van der Waals surface area contributed by atoms with Crippen LogP contribution in [0.4, 0.5) is 11.4 Å². The van der Waals surface area contributed by atoms with Gasteiger partial charge in [-0.2, -0.15) is 0 Å². The molecule has 0 saturated heterocycles. The molecule has 0 radical (unpaired) electrons. The highest BCUT2D eigenvalue weighted by atomic mass is 16.5. The average Bonchev–Trinajstić information content (AvgIpc) is 2.72. The minimum Gasteiger partial charge on any atom is -0.497 e. The zero-order valence-electron chi connectivity index (χ0n) is 16.2. The number of carbonyl (C=O) groups excluding carboxylic acids is 1. The van der Waals surface area contributed by atoms with Crippen molar-refractivity contribution >= 4 is 17.3 Å². The van der Waals surface area contributed by atoms with Gasteiger partial charge < -0.3 is 20.1 Å². The number of hydrogen-bond donors (Lipinski definition) is 2. The lowest BCUT2D eigenvalue weighted by atomic mass is 10.1. The van der Waals surface area contributed by atoms with E-state index in [0.29, 0.717) is 29.4 Å². The topological polar surface area (TPSA) is 72.5 Å². The van der Waals surface area contributed by atoms with E-state index in [4.69, 9.17) is 9.47 Å². The van der Waals surface area contributed by atoms with Crippen molar-refractivity contribution in [2.45, 2.75) is 13.5 Å².